The number of carbonyl (C=O) groups excluding carboxylic acids is 1. The quantitative estimate of drug-likeness (QED) is 0.234. The summed E-state index contributed by atoms with van der Waals surface area (Å²) in [6, 6.07) is 7.92. The molecule has 2 nitrogen and oxygen atoms in total. The van der Waals surface area contributed by atoms with Gasteiger partial charge in [-0.1, -0.05) is 68.8 Å². The fourth-order valence-electron chi connectivity index (χ4n) is 3.23. The third kappa shape index (κ3) is 6.21. The summed E-state index contributed by atoms with van der Waals surface area (Å²) in [6.45, 7) is 2.24. The lowest BCUT2D eigenvalue weighted by molar-refractivity contribution is -0.139. The maximum Gasteiger partial charge on any atom is 0.314 e. The van der Waals surface area contributed by atoms with Crippen LogP contribution in [-0.4, -0.2) is 14.8 Å². The molecule has 5 heteroatoms. The van der Waals surface area contributed by atoms with Gasteiger partial charge in [0.2, 0.25) is 0 Å². The molecule has 0 bridgehead atoms. The van der Waals surface area contributed by atoms with Crippen molar-refractivity contribution in [3.05, 3.63) is 29.0 Å². The van der Waals surface area contributed by atoms with Crippen molar-refractivity contribution in [3.8, 4) is 5.75 Å². The van der Waals surface area contributed by atoms with Crippen LogP contribution in [-0.2, 0) is 4.79 Å². The minimum absolute atomic E-state index is 0.0300. The van der Waals surface area contributed by atoms with Crippen LogP contribution in [0.4, 0.5) is 4.39 Å². The summed E-state index contributed by atoms with van der Waals surface area (Å²) < 4.78 is 18.7. The van der Waals surface area contributed by atoms with Crippen LogP contribution in [0.15, 0.2) is 18.2 Å². The molecule has 0 unspecified atom stereocenters. The molecule has 1 aliphatic heterocycles. The Hall–Kier alpha value is -0.873. The van der Waals surface area contributed by atoms with Crippen molar-refractivity contribution in [2.75, 3.05) is 0 Å². The highest BCUT2D eigenvalue weighted by molar-refractivity contribution is 6.59. The van der Waals surface area contributed by atoms with Crippen LogP contribution >= 0.6 is 11.6 Å². The highest BCUT2D eigenvalue weighted by Crippen LogP contribution is 2.30. The molecule has 1 heterocycles. The Morgan fingerprint density at radius 3 is 2.62 bits per heavy atom. The van der Waals surface area contributed by atoms with Gasteiger partial charge in [-0.25, -0.2) is 4.39 Å². The first-order valence-electron chi connectivity index (χ1n) is 9.10. The predicted molar refractivity (Wildman–Crippen MR) is 98.7 cm³/mol. The monoisotopic (exact) mass is 369 g/mol. The Morgan fingerprint density at radius 1 is 1.25 bits per heavy atom. The van der Waals surface area contributed by atoms with E-state index in [0.29, 0.717) is 0 Å². The van der Waals surface area contributed by atoms with E-state index in [0.717, 1.165) is 12.8 Å². The summed E-state index contributed by atoms with van der Waals surface area (Å²) in [6.07, 6.45) is 8.57. The molecule has 0 aromatic heterocycles. The summed E-state index contributed by atoms with van der Waals surface area (Å²) in [4.78, 5) is 12.2. The van der Waals surface area contributed by atoms with Gasteiger partial charge in [0.05, 0.1) is 10.9 Å². The smallest absolute Gasteiger partial charge is 0.314 e. The van der Waals surface area contributed by atoms with Crippen LogP contribution in [0.25, 0.3) is 0 Å². The van der Waals surface area contributed by atoms with E-state index < -0.39 is 5.82 Å². The van der Waals surface area contributed by atoms with Crippen LogP contribution in [0, 0.1) is 11.7 Å². The van der Waals surface area contributed by atoms with E-state index >= 15 is 0 Å². The van der Waals surface area contributed by atoms with E-state index in [4.69, 9.17) is 16.3 Å². The van der Waals surface area contributed by atoms with Gasteiger partial charge in [-0.05, 0) is 25.0 Å². The van der Waals surface area contributed by atoms with Crippen molar-refractivity contribution in [1.82, 2.24) is 0 Å². The average molecular weight is 370 g/mol. The van der Waals surface area contributed by atoms with Crippen LogP contribution in [0.2, 0.25) is 23.2 Å². The summed E-state index contributed by atoms with van der Waals surface area (Å²) >= 11 is 5.64. The molecule has 1 saturated heterocycles. The molecule has 0 spiro atoms. The van der Waals surface area contributed by atoms with E-state index in [-0.39, 0.29) is 31.5 Å². The second kappa shape index (κ2) is 10.2. The highest BCUT2D eigenvalue weighted by atomic mass is 35.5. The molecule has 1 fully saturated rings. The first-order valence-corrected chi connectivity index (χ1v) is 11.6. The van der Waals surface area contributed by atoms with Gasteiger partial charge in [0, 0.05) is 14.9 Å². The van der Waals surface area contributed by atoms with E-state index in [1.54, 1.807) is 0 Å². The van der Waals surface area contributed by atoms with Crippen molar-refractivity contribution in [2.45, 2.75) is 70.0 Å². The molecule has 0 amide bonds. The number of carbonyl (C=O) groups is 1. The highest BCUT2D eigenvalue weighted by Gasteiger charge is 2.28. The minimum atomic E-state index is -0.556. The number of hydrogen-bond donors (Lipinski definition) is 0. The SMILES string of the molecule is CCCCCCC[Si]1CCC(C(=O)Oc2ccc(Cl)c(F)c2)CC1. The lowest BCUT2D eigenvalue weighted by Crippen LogP contribution is -2.28. The van der Waals surface area contributed by atoms with Gasteiger partial charge in [0.25, 0.3) is 0 Å². The van der Waals surface area contributed by atoms with Gasteiger partial charge >= 0.3 is 5.97 Å². The lowest BCUT2D eigenvalue weighted by Gasteiger charge is -2.26. The zero-order valence-corrected chi connectivity index (χ0v) is 16.2. The summed E-state index contributed by atoms with van der Waals surface area (Å²) in [5.41, 5.74) is 0. The molecular weight excluding hydrogens is 343 g/mol. The predicted octanol–water partition coefficient (Wildman–Crippen LogP) is 6.26. The Labute approximate surface area is 151 Å². The molecule has 1 radical (unpaired) electrons. The third-order valence-corrected chi connectivity index (χ3v) is 8.13. The van der Waals surface area contributed by atoms with Crippen LogP contribution in [0.1, 0.15) is 51.9 Å². The first-order chi connectivity index (χ1) is 11.6. The van der Waals surface area contributed by atoms with E-state index in [2.05, 4.69) is 6.92 Å². The molecule has 0 N–H and O–H groups in total. The number of esters is 1. The Kier molecular flexibility index (Phi) is 8.26. The Balaban J connectivity index is 1.69. The minimum Gasteiger partial charge on any atom is -0.426 e. The largest absolute Gasteiger partial charge is 0.426 e. The molecule has 0 aliphatic carbocycles. The standard InChI is InChI=1S/C19H27ClFO2Si/c1-2-3-4-5-6-11-24-12-9-15(10-13-24)19(22)23-16-7-8-17(20)18(21)14-16/h7-8,14-15H,2-6,9-13H2,1H3. The van der Waals surface area contributed by atoms with Crippen molar-refractivity contribution < 1.29 is 13.9 Å². The zero-order valence-electron chi connectivity index (χ0n) is 14.5. The van der Waals surface area contributed by atoms with Gasteiger partial charge in [-0.3, -0.25) is 4.79 Å². The molecule has 0 saturated carbocycles. The van der Waals surface area contributed by atoms with E-state index in [9.17, 15) is 9.18 Å². The van der Waals surface area contributed by atoms with Gasteiger partial charge in [-0.2, -0.15) is 0 Å². The number of unbranched alkanes of at least 4 members (excludes halogenated alkanes) is 4. The number of rotatable bonds is 8. The summed E-state index contributed by atoms with van der Waals surface area (Å²) in [5.74, 6) is -0.564. The van der Waals surface area contributed by atoms with Crippen molar-refractivity contribution in [1.29, 1.82) is 0 Å². The zero-order chi connectivity index (χ0) is 17.4. The van der Waals surface area contributed by atoms with Crippen molar-refractivity contribution >= 4 is 26.4 Å². The molecule has 1 aliphatic rings. The maximum atomic E-state index is 13.4. The fraction of sp³-hybridized carbons (Fsp3) is 0.632. The first kappa shape index (κ1) is 19.5. The van der Waals surface area contributed by atoms with Gasteiger partial charge in [0.1, 0.15) is 11.6 Å². The van der Waals surface area contributed by atoms with E-state index in [1.165, 1.54) is 68.4 Å². The molecule has 0 atom stereocenters. The van der Waals surface area contributed by atoms with Crippen LogP contribution < -0.4 is 4.74 Å². The second-order valence-corrected chi connectivity index (χ2v) is 10.1. The molecule has 133 valence electrons. The van der Waals surface area contributed by atoms with Crippen LogP contribution in [0.3, 0.4) is 0 Å². The lowest BCUT2D eigenvalue weighted by atomic mass is 10.0. The topological polar surface area (TPSA) is 26.3 Å². The van der Waals surface area contributed by atoms with Crippen molar-refractivity contribution in [2.24, 2.45) is 5.92 Å². The Bertz CT molecular complexity index is 530. The number of halogens is 2. The number of hydrogen-bond acceptors (Lipinski definition) is 2. The van der Waals surface area contributed by atoms with Gasteiger partial charge < -0.3 is 4.74 Å². The summed E-state index contributed by atoms with van der Waals surface area (Å²) in [5, 5.41) is 0.0404. The third-order valence-electron chi connectivity index (χ3n) is 4.77. The maximum absolute atomic E-state index is 13.4. The second-order valence-electron chi connectivity index (χ2n) is 6.69. The molecule has 1 aromatic carbocycles. The molecule has 1 aromatic rings. The normalized spacial score (nSPS) is 16.3. The Morgan fingerprint density at radius 2 is 1.96 bits per heavy atom. The molecular formula is C19H27ClFO2Si. The van der Waals surface area contributed by atoms with Crippen LogP contribution in [0.5, 0.6) is 5.75 Å². The molecule has 2 rings (SSSR count). The van der Waals surface area contributed by atoms with Gasteiger partial charge in [-0.15, -0.1) is 0 Å². The van der Waals surface area contributed by atoms with Gasteiger partial charge in [0.15, 0.2) is 0 Å². The number of benzene rings is 1. The molecule has 24 heavy (non-hydrogen) atoms. The number of ether oxygens (including phenoxy) is 1. The van der Waals surface area contributed by atoms with Crippen molar-refractivity contribution in [3.63, 3.8) is 0 Å². The van der Waals surface area contributed by atoms with E-state index in [1.807, 2.05) is 0 Å². The fourth-order valence-corrected chi connectivity index (χ4v) is 6.36. The summed E-state index contributed by atoms with van der Waals surface area (Å²) in [7, 11) is -0.270. The average Bonchev–Trinajstić information content (AvgIpc) is 2.58.